The van der Waals surface area contributed by atoms with Gasteiger partial charge in [-0.15, -0.1) is 0 Å². The van der Waals surface area contributed by atoms with E-state index in [1.807, 2.05) is 24.4 Å². The first-order valence-electron chi connectivity index (χ1n) is 8.37. The Morgan fingerprint density at radius 3 is 2.76 bits per heavy atom. The monoisotopic (exact) mass is 358 g/mol. The Morgan fingerprint density at radius 2 is 2.04 bits per heavy atom. The van der Waals surface area contributed by atoms with Crippen molar-refractivity contribution in [2.24, 2.45) is 0 Å². The van der Waals surface area contributed by atoms with Crippen molar-refractivity contribution in [3.8, 4) is 5.75 Å². The molecule has 1 aromatic carbocycles. The Hall–Kier alpha value is -2.18. The molecule has 3 rings (SSSR count). The van der Waals surface area contributed by atoms with Crippen LogP contribution < -0.4 is 0 Å². The Morgan fingerprint density at radius 1 is 1.24 bits per heavy atom. The molecule has 1 N–H and O–H groups in total. The second-order valence-corrected chi connectivity index (χ2v) is 8.46. The van der Waals surface area contributed by atoms with Crippen molar-refractivity contribution < 1.29 is 13.5 Å². The molecule has 0 aliphatic carbocycles. The van der Waals surface area contributed by atoms with Gasteiger partial charge in [0, 0.05) is 25.5 Å². The van der Waals surface area contributed by atoms with Crippen LogP contribution >= 0.6 is 0 Å². The van der Waals surface area contributed by atoms with Gasteiger partial charge in [0.2, 0.25) is 0 Å². The molecule has 2 heterocycles. The van der Waals surface area contributed by atoms with Crippen molar-refractivity contribution in [1.82, 2.24) is 9.88 Å². The van der Waals surface area contributed by atoms with Crippen molar-refractivity contribution in [2.45, 2.75) is 23.0 Å². The minimum Gasteiger partial charge on any atom is -0.508 e. The molecule has 0 spiro atoms. The fraction of sp³-hybridized carbons (Fsp3) is 0.316. The molecule has 0 radical (unpaired) electrons. The molecule has 0 saturated carbocycles. The third kappa shape index (κ3) is 4.46. The van der Waals surface area contributed by atoms with Gasteiger partial charge in [-0.3, -0.25) is 4.98 Å². The van der Waals surface area contributed by atoms with Crippen LogP contribution in [0.15, 0.2) is 59.8 Å². The van der Waals surface area contributed by atoms with Gasteiger partial charge in [0.25, 0.3) is 0 Å². The van der Waals surface area contributed by atoms with Gasteiger partial charge in [0.1, 0.15) is 5.75 Å². The van der Waals surface area contributed by atoms with E-state index in [2.05, 4.69) is 16.0 Å². The Kier molecular flexibility index (Phi) is 5.50. The summed E-state index contributed by atoms with van der Waals surface area (Å²) in [6.45, 7) is 2.20. The number of phenolic OH excluding ortho intramolecular Hbond substituents is 1. The van der Waals surface area contributed by atoms with Crippen LogP contribution in [0, 0.1) is 0 Å². The first-order valence-corrected chi connectivity index (χ1v) is 9.92. The molecule has 1 aliphatic heterocycles. The van der Waals surface area contributed by atoms with Gasteiger partial charge in [-0.05, 0) is 55.3 Å². The molecular formula is C19H22N2O3S. The van der Waals surface area contributed by atoms with Crippen LogP contribution in [0.5, 0.6) is 5.75 Å². The van der Waals surface area contributed by atoms with Crippen LogP contribution in [0.4, 0.5) is 0 Å². The highest BCUT2D eigenvalue weighted by molar-refractivity contribution is 7.92. The summed E-state index contributed by atoms with van der Waals surface area (Å²) >= 11 is 0. The number of likely N-dealkylation sites (tertiary alicyclic amines) is 1. The molecule has 1 aliphatic rings. The number of sulfone groups is 1. The summed E-state index contributed by atoms with van der Waals surface area (Å²) in [5, 5.41) is 8.94. The number of hydrogen-bond donors (Lipinski definition) is 1. The molecule has 6 heteroatoms. The number of rotatable bonds is 6. The molecule has 1 fully saturated rings. The summed E-state index contributed by atoms with van der Waals surface area (Å²) in [4.78, 5) is 6.54. The predicted octanol–water partition coefficient (Wildman–Crippen LogP) is 2.74. The molecular weight excluding hydrogens is 336 g/mol. The summed E-state index contributed by atoms with van der Waals surface area (Å²) in [5.41, 5.74) is 1.07. The maximum Gasteiger partial charge on any atom is 0.182 e. The molecule has 1 aromatic heterocycles. The number of aromatic nitrogens is 1. The fourth-order valence-electron chi connectivity index (χ4n) is 3.03. The normalized spacial score (nSPS) is 18.8. The number of nitrogens with zero attached hydrogens (tertiary/aromatic N) is 2. The molecule has 0 amide bonds. The van der Waals surface area contributed by atoms with Gasteiger partial charge in [0.05, 0.1) is 10.1 Å². The Balaban J connectivity index is 1.53. The van der Waals surface area contributed by atoms with Crippen molar-refractivity contribution in [3.05, 3.63) is 60.4 Å². The summed E-state index contributed by atoms with van der Waals surface area (Å²) in [6, 6.07) is 9.69. The summed E-state index contributed by atoms with van der Waals surface area (Å²) in [6.07, 6.45) is 9.21. The lowest BCUT2D eigenvalue weighted by Gasteiger charge is -2.15. The Bertz CT molecular complexity index is 818. The zero-order chi connectivity index (χ0) is 17.7. The summed E-state index contributed by atoms with van der Waals surface area (Å²) < 4.78 is 25.4. The standard InChI is InChI=1S/C19H22N2O3S/c22-17-6-8-18(9-7-17)25(23,24)19-10-13-21(15-19)12-2-1-4-16-5-3-11-20-14-16/h1,3-9,11,14,19,22H,2,10,12-13,15H2. The molecule has 1 unspecified atom stereocenters. The third-order valence-electron chi connectivity index (χ3n) is 4.44. The van der Waals surface area contributed by atoms with E-state index in [-0.39, 0.29) is 15.9 Å². The van der Waals surface area contributed by atoms with Gasteiger partial charge in [-0.25, -0.2) is 8.42 Å². The van der Waals surface area contributed by atoms with Gasteiger partial charge in [0.15, 0.2) is 9.84 Å². The molecule has 1 saturated heterocycles. The molecule has 132 valence electrons. The van der Waals surface area contributed by atoms with Crippen molar-refractivity contribution >= 4 is 15.9 Å². The zero-order valence-corrected chi connectivity index (χ0v) is 14.8. The van der Waals surface area contributed by atoms with E-state index in [9.17, 15) is 13.5 Å². The van der Waals surface area contributed by atoms with E-state index in [1.165, 1.54) is 24.3 Å². The van der Waals surface area contributed by atoms with Crippen LogP contribution in [0.25, 0.3) is 6.08 Å². The average Bonchev–Trinajstić information content (AvgIpc) is 3.10. The number of hydrogen-bond acceptors (Lipinski definition) is 5. The Labute approximate surface area is 148 Å². The molecule has 5 nitrogen and oxygen atoms in total. The highest BCUT2D eigenvalue weighted by Crippen LogP contribution is 2.25. The largest absolute Gasteiger partial charge is 0.508 e. The van der Waals surface area contributed by atoms with Gasteiger partial charge >= 0.3 is 0 Å². The average molecular weight is 358 g/mol. The maximum absolute atomic E-state index is 12.7. The summed E-state index contributed by atoms with van der Waals surface area (Å²) in [5.74, 6) is 0.0763. The van der Waals surface area contributed by atoms with Crippen molar-refractivity contribution in [2.75, 3.05) is 19.6 Å². The minimum absolute atomic E-state index is 0.0763. The maximum atomic E-state index is 12.7. The highest BCUT2D eigenvalue weighted by Gasteiger charge is 2.33. The number of benzene rings is 1. The second-order valence-electron chi connectivity index (χ2n) is 6.23. The van der Waals surface area contributed by atoms with E-state index < -0.39 is 9.84 Å². The second kappa shape index (κ2) is 7.80. The highest BCUT2D eigenvalue weighted by atomic mass is 32.2. The van der Waals surface area contributed by atoms with E-state index in [0.29, 0.717) is 13.0 Å². The topological polar surface area (TPSA) is 70.5 Å². The molecule has 1 atom stereocenters. The predicted molar refractivity (Wildman–Crippen MR) is 98.0 cm³/mol. The van der Waals surface area contributed by atoms with Gasteiger partial charge in [-0.2, -0.15) is 0 Å². The van der Waals surface area contributed by atoms with Crippen molar-refractivity contribution in [3.63, 3.8) is 0 Å². The van der Waals surface area contributed by atoms with Gasteiger partial charge in [-0.1, -0.05) is 18.2 Å². The zero-order valence-electron chi connectivity index (χ0n) is 14.0. The van der Waals surface area contributed by atoms with Crippen LogP contribution in [0.2, 0.25) is 0 Å². The number of phenols is 1. The van der Waals surface area contributed by atoms with E-state index in [1.54, 1.807) is 6.20 Å². The first kappa shape index (κ1) is 17.6. The SMILES string of the molecule is O=S(=O)(c1ccc(O)cc1)C1CCN(CCC=Cc2cccnc2)C1. The number of aromatic hydroxyl groups is 1. The fourth-order valence-corrected chi connectivity index (χ4v) is 4.76. The van der Waals surface area contributed by atoms with Crippen LogP contribution in [0.1, 0.15) is 18.4 Å². The molecule has 25 heavy (non-hydrogen) atoms. The third-order valence-corrected chi connectivity index (χ3v) is 6.63. The lowest BCUT2D eigenvalue weighted by Crippen LogP contribution is -2.27. The van der Waals surface area contributed by atoms with E-state index >= 15 is 0 Å². The van der Waals surface area contributed by atoms with E-state index in [4.69, 9.17) is 0 Å². The van der Waals surface area contributed by atoms with E-state index in [0.717, 1.165) is 25.1 Å². The molecule has 0 bridgehead atoms. The smallest absolute Gasteiger partial charge is 0.182 e. The van der Waals surface area contributed by atoms with Crippen molar-refractivity contribution in [1.29, 1.82) is 0 Å². The lowest BCUT2D eigenvalue weighted by molar-refractivity contribution is 0.346. The van der Waals surface area contributed by atoms with Crippen LogP contribution in [-0.2, 0) is 9.84 Å². The number of pyridine rings is 1. The van der Waals surface area contributed by atoms with Gasteiger partial charge < -0.3 is 10.0 Å². The molecule has 2 aromatic rings. The quantitative estimate of drug-likeness (QED) is 0.860. The summed E-state index contributed by atoms with van der Waals surface area (Å²) in [7, 11) is -3.34. The van der Waals surface area contributed by atoms with Crippen LogP contribution in [-0.4, -0.2) is 48.3 Å². The minimum atomic E-state index is -3.34. The first-order chi connectivity index (χ1) is 12.1. The van der Waals surface area contributed by atoms with Crippen LogP contribution in [0.3, 0.4) is 0 Å². The lowest BCUT2D eigenvalue weighted by atomic mass is 10.2.